The smallest absolute Gasteiger partial charge is 0.315 e. The molecule has 1 saturated carbocycles. The Morgan fingerprint density at radius 2 is 2.13 bits per heavy atom. The molecule has 3 atom stereocenters. The predicted octanol–water partition coefficient (Wildman–Crippen LogP) is 2.13. The molecule has 1 heterocycles. The summed E-state index contributed by atoms with van der Waals surface area (Å²) >= 11 is 0. The summed E-state index contributed by atoms with van der Waals surface area (Å²) in [5, 5.41) is 19.8. The standard InChI is InChI=1S/C17H28N4O2/c1-12-5-2-3-6-14(12)19-17(23)20-15-7-4-8-16-13(15)11-18-21(16)9-10-22/h11-12,14-15,22H,2-10H2,1H3,(H2,19,20,23). The van der Waals surface area contributed by atoms with Gasteiger partial charge in [-0.15, -0.1) is 0 Å². The number of amides is 2. The minimum Gasteiger partial charge on any atom is -0.394 e. The Hall–Kier alpha value is -1.56. The van der Waals surface area contributed by atoms with E-state index in [1.54, 1.807) is 0 Å². The highest BCUT2D eigenvalue weighted by Gasteiger charge is 2.27. The van der Waals surface area contributed by atoms with E-state index in [1.165, 1.54) is 19.3 Å². The summed E-state index contributed by atoms with van der Waals surface area (Å²) in [6.45, 7) is 2.84. The number of rotatable bonds is 4. The first-order valence-corrected chi connectivity index (χ1v) is 8.91. The van der Waals surface area contributed by atoms with Gasteiger partial charge in [-0.2, -0.15) is 5.10 Å². The Bertz CT molecular complexity index is 543. The molecular formula is C17H28N4O2. The van der Waals surface area contributed by atoms with Crippen LogP contribution in [-0.2, 0) is 13.0 Å². The van der Waals surface area contributed by atoms with E-state index < -0.39 is 0 Å². The van der Waals surface area contributed by atoms with Crippen molar-refractivity contribution in [1.29, 1.82) is 0 Å². The van der Waals surface area contributed by atoms with Crippen molar-refractivity contribution in [3.05, 3.63) is 17.5 Å². The molecule has 1 fully saturated rings. The number of hydrogen-bond acceptors (Lipinski definition) is 3. The SMILES string of the molecule is CC1CCCCC1NC(=O)NC1CCCc2c1cnn2CCO. The van der Waals surface area contributed by atoms with Crippen LogP contribution in [0.25, 0.3) is 0 Å². The van der Waals surface area contributed by atoms with Crippen LogP contribution in [0.15, 0.2) is 6.20 Å². The van der Waals surface area contributed by atoms with E-state index >= 15 is 0 Å². The number of fused-ring (bicyclic) bond motifs is 1. The first kappa shape index (κ1) is 16.3. The van der Waals surface area contributed by atoms with Gasteiger partial charge < -0.3 is 15.7 Å². The lowest BCUT2D eigenvalue weighted by atomic mass is 9.86. The summed E-state index contributed by atoms with van der Waals surface area (Å²) in [6.07, 6.45) is 9.56. The largest absolute Gasteiger partial charge is 0.394 e. The Morgan fingerprint density at radius 1 is 1.30 bits per heavy atom. The second kappa shape index (κ2) is 7.34. The highest BCUT2D eigenvalue weighted by atomic mass is 16.3. The van der Waals surface area contributed by atoms with Crippen LogP contribution < -0.4 is 10.6 Å². The first-order chi connectivity index (χ1) is 11.2. The van der Waals surface area contributed by atoms with Crippen LogP contribution in [0.5, 0.6) is 0 Å². The van der Waals surface area contributed by atoms with Gasteiger partial charge in [0, 0.05) is 17.3 Å². The Morgan fingerprint density at radius 3 is 2.91 bits per heavy atom. The molecule has 2 amide bonds. The number of carbonyl (C=O) groups excluding carboxylic acids is 1. The van der Waals surface area contributed by atoms with Gasteiger partial charge in [0.15, 0.2) is 0 Å². The van der Waals surface area contributed by atoms with Gasteiger partial charge in [-0.25, -0.2) is 4.79 Å². The van der Waals surface area contributed by atoms with Gasteiger partial charge in [0.2, 0.25) is 0 Å². The summed E-state index contributed by atoms with van der Waals surface area (Å²) in [5.74, 6) is 0.559. The third-order valence-electron chi connectivity index (χ3n) is 5.31. The van der Waals surface area contributed by atoms with Crippen LogP contribution in [0.3, 0.4) is 0 Å². The summed E-state index contributed by atoms with van der Waals surface area (Å²) in [4.78, 5) is 12.4. The Kier molecular flexibility index (Phi) is 5.20. The number of nitrogens with zero attached hydrogens (tertiary/aromatic N) is 2. The predicted molar refractivity (Wildman–Crippen MR) is 88.1 cm³/mol. The topological polar surface area (TPSA) is 79.2 Å². The number of aliphatic hydroxyl groups is 1. The zero-order valence-electron chi connectivity index (χ0n) is 13.9. The van der Waals surface area contributed by atoms with Gasteiger partial charge in [0.05, 0.1) is 25.4 Å². The zero-order valence-corrected chi connectivity index (χ0v) is 13.9. The quantitative estimate of drug-likeness (QED) is 0.795. The van der Waals surface area contributed by atoms with Gasteiger partial charge in [-0.3, -0.25) is 4.68 Å². The second-order valence-corrected chi connectivity index (χ2v) is 6.92. The van der Waals surface area contributed by atoms with E-state index in [0.29, 0.717) is 18.5 Å². The van der Waals surface area contributed by atoms with Crippen molar-refractivity contribution in [3.8, 4) is 0 Å². The molecule has 2 aliphatic rings. The summed E-state index contributed by atoms with van der Waals surface area (Å²) in [6, 6.07) is 0.269. The highest BCUT2D eigenvalue weighted by molar-refractivity contribution is 5.75. The number of carbonyl (C=O) groups is 1. The van der Waals surface area contributed by atoms with Gasteiger partial charge in [0.25, 0.3) is 0 Å². The monoisotopic (exact) mass is 320 g/mol. The molecule has 23 heavy (non-hydrogen) atoms. The Labute approximate surface area is 137 Å². The van der Waals surface area contributed by atoms with E-state index in [2.05, 4.69) is 22.7 Å². The minimum atomic E-state index is -0.0588. The number of nitrogens with one attached hydrogen (secondary N) is 2. The molecule has 1 aromatic heterocycles. The van der Waals surface area contributed by atoms with E-state index in [4.69, 9.17) is 5.11 Å². The lowest BCUT2D eigenvalue weighted by molar-refractivity contribution is 0.217. The normalized spacial score (nSPS) is 27.3. The van der Waals surface area contributed by atoms with Crippen molar-refractivity contribution in [1.82, 2.24) is 20.4 Å². The van der Waals surface area contributed by atoms with Gasteiger partial charge in [-0.05, 0) is 38.0 Å². The number of hydrogen-bond donors (Lipinski definition) is 3. The molecule has 2 aliphatic carbocycles. The van der Waals surface area contributed by atoms with Crippen molar-refractivity contribution in [2.75, 3.05) is 6.61 Å². The van der Waals surface area contributed by atoms with Gasteiger partial charge in [0.1, 0.15) is 0 Å². The van der Waals surface area contributed by atoms with Crippen LogP contribution in [0.2, 0.25) is 0 Å². The highest BCUT2D eigenvalue weighted by Crippen LogP contribution is 2.30. The maximum Gasteiger partial charge on any atom is 0.315 e. The molecule has 0 saturated heterocycles. The number of aromatic nitrogens is 2. The van der Waals surface area contributed by atoms with Crippen LogP contribution in [0.1, 0.15) is 62.7 Å². The molecule has 0 aliphatic heterocycles. The van der Waals surface area contributed by atoms with E-state index in [1.807, 2.05) is 10.9 Å². The average molecular weight is 320 g/mol. The molecule has 3 rings (SSSR count). The molecular weight excluding hydrogens is 292 g/mol. The van der Waals surface area contributed by atoms with Crippen molar-refractivity contribution in [3.63, 3.8) is 0 Å². The van der Waals surface area contributed by atoms with Crippen LogP contribution in [-0.4, -0.2) is 33.6 Å². The molecule has 6 nitrogen and oxygen atoms in total. The summed E-state index contributed by atoms with van der Waals surface area (Å²) in [7, 11) is 0. The Balaban J connectivity index is 1.61. The fourth-order valence-electron chi connectivity index (χ4n) is 3.96. The van der Waals surface area contributed by atoms with Crippen molar-refractivity contribution in [2.45, 2.75) is 70.5 Å². The summed E-state index contributed by atoms with van der Waals surface area (Å²) < 4.78 is 1.87. The molecule has 0 aromatic carbocycles. The average Bonchev–Trinajstić information content (AvgIpc) is 2.94. The lowest BCUT2D eigenvalue weighted by Gasteiger charge is -2.31. The maximum atomic E-state index is 12.4. The fourth-order valence-corrected chi connectivity index (χ4v) is 3.96. The van der Waals surface area contributed by atoms with Crippen molar-refractivity contribution < 1.29 is 9.90 Å². The number of urea groups is 1. The van der Waals surface area contributed by atoms with Crippen LogP contribution in [0, 0.1) is 5.92 Å². The van der Waals surface area contributed by atoms with Crippen LogP contribution in [0.4, 0.5) is 4.79 Å². The van der Waals surface area contributed by atoms with Crippen molar-refractivity contribution in [2.24, 2.45) is 5.92 Å². The van der Waals surface area contributed by atoms with E-state index in [9.17, 15) is 4.79 Å². The van der Waals surface area contributed by atoms with Crippen molar-refractivity contribution >= 4 is 6.03 Å². The molecule has 0 spiro atoms. The van der Waals surface area contributed by atoms with Crippen LogP contribution >= 0.6 is 0 Å². The fraction of sp³-hybridized carbons (Fsp3) is 0.765. The molecule has 0 bridgehead atoms. The molecule has 128 valence electrons. The van der Waals surface area contributed by atoms with E-state index in [-0.39, 0.29) is 18.7 Å². The molecule has 3 unspecified atom stereocenters. The molecule has 0 radical (unpaired) electrons. The number of aliphatic hydroxyl groups excluding tert-OH is 1. The van der Waals surface area contributed by atoms with Gasteiger partial charge in [-0.1, -0.05) is 19.8 Å². The first-order valence-electron chi connectivity index (χ1n) is 8.91. The molecule has 6 heteroatoms. The summed E-state index contributed by atoms with van der Waals surface area (Å²) in [5.41, 5.74) is 2.26. The minimum absolute atomic E-state index is 0.0325. The zero-order chi connectivity index (χ0) is 16.2. The van der Waals surface area contributed by atoms with E-state index in [0.717, 1.165) is 36.9 Å². The van der Waals surface area contributed by atoms with Gasteiger partial charge >= 0.3 is 6.03 Å². The maximum absolute atomic E-state index is 12.4. The molecule has 1 aromatic rings. The third kappa shape index (κ3) is 3.68. The third-order valence-corrected chi connectivity index (χ3v) is 5.31. The second-order valence-electron chi connectivity index (χ2n) is 6.92. The molecule has 3 N–H and O–H groups in total. The lowest BCUT2D eigenvalue weighted by Crippen LogP contribution is -2.47.